The molecule has 2 heterocycles. The molecule has 1 aliphatic rings. The van der Waals surface area contributed by atoms with Crippen LogP contribution in [0.3, 0.4) is 0 Å². The van der Waals surface area contributed by atoms with E-state index in [4.69, 9.17) is 10.5 Å². The molecule has 0 saturated carbocycles. The molecule has 0 amide bonds. The van der Waals surface area contributed by atoms with Gasteiger partial charge in [-0.3, -0.25) is 0 Å². The molecule has 0 aromatic carbocycles. The first kappa shape index (κ1) is 13.6. The summed E-state index contributed by atoms with van der Waals surface area (Å²) in [6.07, 6.45) is 2.18. The Kier molecular flexibility index (Phi) is 4.45. The summed E-state index contributed by atoms with van der Waals surface area (Å²) >= 11 is 1.83. The zero-order chi connectivity index (χ0) is 13.1. The van der Waals surface area contributed by atoms with Crippen LogP contribution in [0.15, 0.2) is 5.03 Å². The van der Waals surface area contributed by atoms with Gasteiger partial charge in [0.25, 0.3) is 0 Å². The zero-order valence-corrected chi connectivity index (χ0v) is 12.1. The van der Waals surface area contributed by atoms with Crippen LogP contribution < -0.4 is 5.73 Å². The van der Waals surface area contributed by atoms with Crippen LogP contribution in [0.25, 0.3) is 0 Å². The number of nitrogens with zero attached hydrogens (tertiary/aromatic N) is 2. The smallest absolute Gasteiger partial charge is 0.134 e. The molecule has 0 atom stereocenters. The van der Waals surface area contributed by atoms with Crippen molar-refractivity contribution in [2.45, 2.75) is 49.8 Å². The van der Waals surface area contributed by atoms with Gasteiger partial charge in [0.15, 0.2) is 0 Å². The third kappa shape index (κ3) is 3.14. The van der Waals surface area contributed by atoms with Gasteiger partial charge in [0.1, 0.15) is 16.7 Å². The maximum atomic E-state index is 5.98. The largest absolute Gasteiger partial charge is 0.383 e. The second-order valence-electron chi connectivity index (χ2n) is 4.98. The van der Waals surface area contributed by atoms with E-state index in [0.717, 1.165) is 42.5 Å². The van der Waals surface area contributed by atoms with E-state index < -0.39 is 0 Å². The second-order valence-corrected chi connectivity index (χ2v) is 6.27. The Hall–Kier alpha value is -0.810. The van der Waals surface area contributed by atoms with Gasteiger partial charge >= 0.3 is 0 Å². The first-order valence-electron chi connectivity index (χ1n) is 6.46. The van der Waals surface area contributed by atoms with Gasteiger partial charge in [-0.1, -0.05) is 13.8 Å². The lowest BCUT2D eigenvalue weighted by molar-refractivity contribution is 0.1000. The lowest BCUT2D eigenvalue weighted by Gasteiger charge is -2.22. The summed E-state index contributed by atoms with van der Waals surface area (Å²) in [7, 11) is 0. The van der Waals surface area contributed by atoms with Crippen LogP contribution in [-0.2, 0) is 4.74 Å². The van der Waals surface area contributed by atoms with Gasteiger partial charge in [-0.25, -0.2) is 9.97 Å². The summed E-state index contributed by atoms with van der Waals surface area (Å²) in [6, 6.07) is 0. The van der Waals surface area contributed by atoms with Gasteiger partial charge in [-0.15, -0.1) is 11.8 Å². The lowest BCUT2D eigenvalue weighted by Crippen LogP contribution is -2.18. The molecule has 1 aromatic heterocycles. The first-order valence-corrected chi connectivity index (χ1v) is 7.34. The van der Waals surface area contributed by atoms with Gasteiger partial charge < -0.3 is 10.5 Å². The number of aromatic nitrogens is 2. The van der Waals surface area contributed by atoms with Gasteiger partial charge in [-0.2, -0.15) is 0 Å². The van der Waals surface area contributed by atoms with Crippen LogP contribution in [0.5, 0.6) is 0 Å². The normalized spacial score (nSPS) is 17.3. The van der Waals surface area contributed by atoms with Gasteiger partial charge in [0, 0.05) is 29.9 Å². The molecule has 1 aromatic rings. The minimum Gasteiger partial charge on any atom is -0.383 e. The molecule has 2 rings (SSSR count). The Morgan fingerprint density at radius 3 is 2.56 bits per heavy atom. The van der Waals surface area contributed by atoms with Gasteiger partial charge in [0.2, 0.25) is 0 Å². The third-order valence-corrected chi connectivity index (χ3v) is 4.54. The fourth-order valence-electron chi connectivity index (χ4n) is 1.85. The molecule has 0 bridgehead atoms. The molecule has 2 N–H and O–H groups in total. The maximum absolute atomic E-state index is 5.98. The predicted octanol–water partition coefficient (Wildman–Crippen LogP) is 2.76. The highest BCUT2D eigenvalue weighted by molar-refractivity contribution is 7.99. The number of hydrogen-bond acceptors (Lipinski definition) is 5. The summed E-state index contributed by atoms with van der Waals surface area (Å²) in [5.41, 5.74) is 6.99. The quantitative estimate of drug-likeness (QED) is 0.853. The molecule has 0 unspecified atom stereocenters. The van der Waals surface area contributed by atoms with E-state index in [1.54, 1.807) is 0 Å². The van der Waals surface area contributed by atoms with Crippen LogP contribution in [0, 0.1) is 6.92 Å². The van der Waals surface area contributed by atoms with Crippen LogP contribution in [0.1, 0.15) is 44.0 Å². The number of nitrogen functional groups attached to an aromatic ring is 1. The van der Waals surface area contributed by atoms with Crippen LogP contribution in [-0.4, -0.2) is 28.4 Å². The van der Waals surface area contributed by atoms with E-state index in [-0.39, 0.29) is 0 Å². The molecule has 1 saturated heterocycles. The van der Waals surface area contributed by atoms with Gasteiger partial charge in [-0.05, 0) is 19.8 Å². The SMILES string of the molecule is Cc1c(N)nc(C(C)C)nc1SC1CCOCC1. The summed E-state index contributed by atoms with van der Waals surface area (Å²) in [5.74, 6) is 1.76. The van der Waals surface area contributed by atoms with E-state index in [1.165, 1.54) is 0 Å². The Bertz CT molecular complexity index is 417. The molecule has 0 aliphatic carbocycles. The molecular formula is C13H21N3OS. The molecule has 4 nitrogen and oxygen atoms in total. The van der Waals surface area contributed by atoms with E-state index in [1.807, 2.05) is 18.7 Å². The number of thioether (sulfide) groups is 1. The van der Waals surface area contributed by atoms with Crippen molar-refractivity contribution in [3.8, 4) is 0 Å². The van der Waals surface area contributed by atoms with E-state index in [0.29, 0.717) is 17.0 Å². The van der Waals surface area contributed by atoms with Gasteiger partial charge in [0.05, 0.1) is 0 Å². The van der Waals surface area contributed by atoms with E-state index in [9.17, 15) is 0 Å². The highest BCUT2D eigenvalue weighted by Crippen LogP contribution is 2.32. The van der Waals surface area contributed by atoms with Crippen LogP contribution in [0.2, 0.25) is 0 Å². The van der Waals surface area contributed by atoms with E-state index in [2.05, 4.69) is 23.8 Å². The molecule has 100 valence electrons. The molecule has 18 heavy (non-hydrogen) atoms. The second kappa shape index (κ2) is 5.89. The van der Waals surface area contributed by atoms with Crippen molar-refractivity contribution in [3.05, 3.63) is 11.4 Å². The van der Waals surface area contributed by atoms with Crippen molar-refractivity contribution < 1.29 is 4.74 Å². The average molecular weight is 267 g/mol. The Balaban J connectivity index is 2.19. The monoisotopic (exact) mass is 267 g/mol. The average Bonchev–Trinajstić information content (AvgIpc) is 2.35. The summed E-state index contributed by atoms with van der Waals surface area (Å²) < 4.78 is 5.38. The molecule has 5 heteroatoms. The van der Waals surface area contributed by atoms with E-state index >= 15 is 0 Å². The highest BCUT2D eigenvalue weighted by Gasteiger charge is 2.19. The topological polar surface area (TPSA) is 61.0 Å². The Morgan fingerprint density at radius 1 is 1.28 bits per heavy atom. The Labute approximate surface area is 113 Å². The van der Waals surface area contributed by atoms with Crippen molar-refractivity contribution in [2.75, 3.05) is 18.9 Å². The molecule has 0 radical (unpaired) electrons. The van der Waals surface area contributed by atoms with Crippen molar-refractivity contribution in [1.29, 1.82) is 0 Å². The van der Waals surface area contributed by atoms with Crippen molar-refractivity contribution in [1.82, 2.24) is 9.97 Å². The standard InChI is InChI=1S/C13H21N3OS/c1-8(2)12-15-11(14)9(3)13(16-12)18-10-4-6-17-7-5-10/h8,10H,4-7H2,1-3H3,(H2,14,15,16). The first-order chi connectivity index (χ1) is 8.58. The van der Waals surface area contributed by atoms with Crippen LogP contribution in [0.4, 0.5) is 5.82 Å². The maximum Gasteiger partial charge on any atom is 0.134 e. The molecule has 1 fully saturated rings. The molecule has 1 aliphatic heterocycles. The summed E-state index contributed by atoms with van der Waals surface area (Å²) in [5, 5.41) is 1.63. The lowest BCUT2D eigenvalue weighted by atomic mass is 10.2. The number of ether oxygens (including phenoxy) is 1. The summed E-state index contributed by atoms with van der Waals surface area (Å²) in [4.78, 5) is 9.01. The minimum absolute atomic E-state index is 0.307. The van der Waals surface area contributed by atoms with Crippen molar-refractivity contribution in [2.24, 2.45) is 0 Å². The number of nitrogens with two attached hydrogens (primary N) is 1. The Morgan fingerprint density at radius 2 is 1.94 bits per heavy atom. The number of anilines is 1. The fourth-order valence-corrected chi connectivity index (χ4v) is 3.03. The zero-order valence-electron chi connectivity index (χ0n) is 11.3. The van der Waals surface area contributed by atoms with Crippen molar-refractivity contribution >= 4 is 17.6 Å². The molecular weight excluding hydrogens is 246 g/mol. The molecule has 0 spiro atoms. The minimum atomic E-state index is 0.307. The number of hydrogen-bond donors (Lipinski definition) is 1. The fraction of sp³-hybridized carbons (Fsp3) is 0.692. The van der Waals surface area contributed by atoms with Crippen molar-refractivity contribution in [3.63, 3.8) is 0 Å². The van der Waals surface area contributed by atoms with Crippen LogP contribution >= 0.6 is 11.8 Å². The highest BCUT2D eigenvalue weighted by atomic mass is 32.2. The predicted molar refractivity (Wildman–Crippen MR) is 75.0 cm³/mol. The summed E-state index contributed by atoms with van der Waals surface area (Å²) in [6.45, 7) is 7.89. The third-order valence-electron chi connectivity index (χ3n) is 3.12. The number of rotatable bonds is 3.